The molecule has 25 heavy (non-hydrogen) atoms. The van der Waals surface area contributed by atoms with Gasteiger partial charge in [-0.1, -0.05) is 0 Å². The third-order valence-electron chi connectivity index (χ3n) is 4.29. The second kappa shape index (κ2) is 7.60. The molecule has 0 radical (unpaired) electrons. The van der Waals surface area contributed by atoms with Gasteiger partial charge in [-0.05, 0) is 50.2 Å². The predicted octanol–water partition coefficient (Wildman–Crippen LogP) is 1.89. The zero-order chi connectivity index (χ0) is 17.8. The molecule has 0 saturated carbocycles. The van der Waals surface area contributed by atoms with E-state index in [2.05, 4.69) is 15.3 Å². The van der Waals surface area contributed by atoms with E-state index in [0.717, 1.165) is 18.5 Å². The van der Waals surface area contributed by atoms with E-state index in [1.807, 2.05) is 17.9 Å². The fourth-order valence-electron chi connectivity index (χ4n) is 2.93. The highest BCUT2D eigenvalue weighted by molar-refractivity contribution is 7.80. The Hall–Kier alpha value is -2.48. The molecule has 1 aliphatic rings. The minimum Gasteiger partial charge on any atom is -0.466 e. The summed E-state index contributed by atoms with van der Waals surface area (Å²) in [4.78, 5) is 32.4. The van der Waals surface area contributed by atoms with E-state index in [1.165, 1.54) is 6.33 Å². The predicted molar refractivity (Wildman–Crippen MR) is 99.5 cm³/mol. The molecule has 7 nitrogen and oxygen atoms in total. The zero-order valence-electron chi connectivity index (χ0n) is 13.9. The Balaban J connectivity index is 1.62. The molecule has 3 rings (SSSR count). The second-order valence-electron chi connectivity index (χ2n) is 5.91. The van der Waals surface area contributed by atoms with Crippen molar-refractivity contribution >= 4 is 39.9 Å². The maximum Gasteiger partial charge on any atom is 0.309 e. The van der Waals surface area contributed by atoms with Crippen molar-refractivity contribution in [2.24, 2.45) is 5.92 Å². The van der Waals surface area contributed by atoms with E-state index in [-0.39, 0.29) is 17.4 Å². The van der Waals surface area contributed by atoms with Gasteiger partial charge in [-0.3, -0.25) is 9.59 Å². The molecule has 2 aromatic rings. The minimum absolute atomic E-state index is 0.0516. The number of hydrogen-bond donors (Lipinski definition) is 2. The summed E-state index contributed by atoms with van der Waals surface area (Å²) in [6.07, 6.45) is 2.83. The molecule has 2 N–H and O–H groups in total. The van der Waals surface area contributed by atoms with Crippen molar-refractivity contribution in [1.82, 2.24) is 14.9 Å². The smallest absolute Gasteiger partial charge is 0.309 e. The SMILES string of the molecule is CCOC(=O)C1CCN(C(=S)Nc2ccc3nc[nH]c(=O)c3c2)CC1. The van der Waals surface area contributed by atoms with Crippen LogP contribution in [0.4, 0.5) is 5.69 Å². The molecule has 8 heteroatoms. The van der Waals surface area contributed by atoms with Crippen LogP contribution in [0, 0.1) is 5.92 Å². The number of anilines is 1. The van der Waals surface area contributed by atoms with Gasteiger partial charge in [-0.2, -0.15) is 0 Å². The fourth-order valence-corrected chi connectivity index (χ4v) is 3.23. The van der Waals surface area contributed by atoms with Crippen molar-refractivity contribution in [2.45, 2.75) is 19.8 Å². The molecule has 132 valence electrons. The molecule has 0 atom stereocenters. The highest BCUT2D eigenvalue weighted by Gasteiger charge is 2.27. The van der Waals surface area contributed by atoms with E-state index in [0.29, 0.717) is 35.7 Å². The minimum atomic E-state index is -0.185. The first-order valence-electron chi connectivity index (χ1n) is 8.28. The Bertz CT molecular complexity index is 843. The van der Waals surface area contributed by atoms with Crippen LogP contribution in [0.25, 0.3) is 10.9 Å². The van der Waals surface area contributed by atoms with E-state index >= 15 is 0 Å². The third kappa shape index (κ3) is 3.96. The lowest BCUT2D eigenvalue weighted by Gasteiger charge is -2.32. The van der Waals surface area contributed by atoms with E-state index in [9.17, 15) is 9.59 Å². The topological polar surface area (TPSA) is 87.3 Å². The Morgan fingerprint density at radius 2 is 2.20 bits per heavy atom. The summed E-state index contributed by atoms with van der Waals surface area (Å²) in [7, 11) is 0. The highest BCUT2D eigenvalue weighted by atomic mass is 32.1. The quantitative estimate of drug-likeness (QED) is 0.638. The number of likely N-dealkylation sites (tertiary alicyclic amines) is 1. The molecule has 1 aliphatic heterocycles. The summed E-state index contributed by atoms with van der Waals surface area (Å²) in [6.45, 7) is 3.63. The fraction of sp³-hybridized carbons (Fsp3) is 0.412. The van der Waals surface area contributed by atoms with Gasteiger partial charge in [-0.25, -0.2) is 4.98 Å². The van der Waals surface area contributed by atoms with Gasteiger partial charge in [0.25, 0.3) is 5.56 Å². The molecule has 0 bridgehead atoms. The number of aromatic nitrogens is 2. The number of aromatic amines is 1. The number of rotatable bonds is 3. The summed E-state index contributed by atoms with van der Waals surface area (Å²) in [5, 5.41) is 4.26. The molecule has 0 unspecified atom stereocenters. The molecule has 1 saturated heterocycles. The van der Waals surface area contributed by atoms with Crippen molar-refractivity contribution in [3.05, 3.63) is 34.9 Å². The van der Waals surface area contributed by atoms with Crippen LogP contribution in [0.2, 0.25) is 0 Å². The molecule has 0 aliphatic carbocycles. The third-order valence-corrected chi connectivity index (χ3v) is 4.65. The van der Waals surface area contributed by atoms with Gasteiger partial charge in [0.2, 0.25) is 0 Å². The summed E-state index contributed by atoms with van der Waals surface area (Å²) >= 11 is 5.46. The number of carbonyl (C=O) groups excluding carboxylic acids is 1. The normalized spacial score (nSPS) is 15.2. The highest BCUT2D eigenvalue weighted by Crippen LogP contribution is 2.20. The van der Waals surface area contributed by atoms with Gasteiger partial charge in [0, 0.05) is 18.8 Å². The Labute approximate surface area is 150 Å². The van der Waals surface area contributed by atoms with Gasteiger partial charge in [0.15, 0.2) is 5.11 Å². The lowest BCUT2D eigenvalue weighted by molar-refractivity contribution is -0.149. The number of nitrogens with zero attached hydrogens (tertiary/aromatic N) is 2. The Morgan fingerprint density at radius 1 is 1.44 bits per heavy atom. The average Bonchev–Trinajstić information content (AvgIpc) is 2.63. The number of piperidine rings is 1. The van der Waals surface area contributed by atoms with Crippen LogP contribution in [0.3, 0.4) is 0 Å². The summed E-state index contributed by atoms with van der Waals surface area (Å²) in [5.41, 5.74) is 1.19. The van der Waals surface area contributed by atoms with Crippen LogP contribution < -0.4 is 10.9 Å². The van der Waals surface area contributed by atoms with Gasteiger partial charge < -0.3 is 19.9 Å². The van der Waals surface area contributed by atoms with Gasteiger partial charge in [-0.15, -0.1) is 0 Å². The maximum absolute atomic E-state index is 11.9. The monoisotopic (exact) mass is 360 g/mol. The van der Waals surface area contributed by atoms with Crippen molar-refractivity contribution in [1.29, 1.82) is 0 Å². The largest absolute Gasteiger partial charge is 0.466 e. The Kier molecular flexibility index (Phi) is 5.28. The number of carbonyl (C=O) groups is 1. The van der Waals surface area contributed by atoms with Crippen molar-refractivity contribution in [3.8, 4) is 0 Å². The number of H-pyrrole nitrogens is 1. The number of benzene rings is 1. The molecule has 2 heterocycles. The van der Waals surface area contributed by atoms with E-state index < -0.39 is 0 Å². The first-order valence-corrected chi connectivity index (χ1v) is 8.69. The zero-order valence-corrected chi connectivity index (χ0v) is 14.8. The number of fused-ring (bicyclic) bond motifs is 1. The molecule has 1 fully saturated rings. The number of thiocarbonyl (C=S) groups is 1. The number of ether oxygens (including phenoxy) is 1. The van der Waals surface area contributed by atoms with Crippen LogP contribution in [-0.2, 0) is 9.53 Å². The van der Waals surface area contributed by atoms with Gasteiger partial charge >= 0.3 is 5.97 Å². The van der Waals surface area contributed by atoms with Crippen molar-refractivity contribution in [3.63, 3.8) is 0 Å². The van der Waals surface area contributed by atoms with Crippen molar-refractivity contribution in [2.75, 3.05) is 25.0 Å². The maximum atomic E-state index is 11.9. The molecule has 0 amide bonds. The van der Waals surface area contributed by atoms with Crippen molar-refractivity contribution < 1.29 is 9.53 Å². The molecular weight excluding hydrogens is 340 g/mol. The Morgan fingerprint density at radius 3 is 2.92 bits per heavy atom. The van der Waals surface area contributed by atoms with Crippen LogP contribution in [0.1, 0.15) is 19.8 Å². The van der Waals surface area contributed by atoms with Crippen LogP contribution in [-0.4, -0.2) is 45.6 Å². The van der Waals surface area contributed by atoms with E-state index in [1.54, 1.807) is 12.1 Å². The number of nitrogens with one attached hydrogen (secondary N) is 2. The lowest BCUT2D eigenvalue weighted by Crippen LogP contribution is -2.42. The van der Waals surface area contributed by atoms with Gasteiger partial charge in [0.05, 0.1) is 29.8 Å². The number of hydrogen-bond acceptors (Lipinski definition) is 5. The van der Waals surface area contributed by atoms with Crippen LogP contribution >= 0.6 is 12.2 Å². The second-order valence-corrected chi connectivity index (χ2v) is 6.29. The lowest BCUT2D eigenvalue weighted by atomic mass is 9.97. The first-order chi connectivity index (χ1) is 12.1. The summed E-state index contributed by atoms with van der Waals surface area (Å²) in [5.74, 6) is -0.174. The standard InChI is InChI=1S/C17H20N4O3S/c1-2-24-16(23)11-5-7-21(8-6-11)17(25)20-12-3-4-14-13(9-12)15(22)19-10-18-14/h3-4,9-11H,2,5-8H2,1H3,(H,20,25)(H,18,19,22). The van der Waals surface area contributed by atoms with Gasteiger partial charge in [0.1, 0.15) is 0 Å². The molecular formula is C17H20N4O3S. The first kappa shape index (κ1) is 17.3. The molecule has 1 aromatic heterocycles. The average molecular weight is 360 g/mol. The van der Waals surface area contributed by atoms with Crippen LogP contribution in [0.15, 0.2) is 29.3 Å². The molecule has 0 spiro atoms. The molecule has 1 aromatic carbocycles. The van der Waals surface area contributed by atoms with Crippen LogP contribution in [0.5, 0.6) is 0 Å². The van der Waals surface area contributed by atoms with E-state index in [4.69, 9.17) is 17.0 Å². The number of esters is 1. The summed E-state index contributed by atoms with van der Waals surface area (Å²) in [6, 6.07) is 5.35. The summed E-state index contributed by atoms with van der Waals surface area (Å²) < 4.78 is 5.08.